The minimum atomic E-state index is -4.13. The first kappa shape index (κ1) is 36.7. The van der Waals surface area contributed by atoms with Gasteiger partial charge in [0.05, 0.1) is 24.7 Å². The second-order valence-corrected chi connectivity index (χ2v) is 13.0. The number of phosphoric acid groups is 1. The van der Waals surface area contributed by atoms with E-state index in [1.165, 1.54) is 96.3 Å². The van der Waals surface area contributed by atoms with Gasteiger partial charge in [-0.3, -0.25) is 9.05 Å². The van der Waals surface area contributed by atoms with Gasteiger partial charge in [-0.1, -0.05) is 115 Å². The van der Waals surface area contributed by atoms with Gasteiger partial charge in [0.15, 0.2) is 5.69 Å². The molecule has 0 aliphatic rings. The molecule has 7 nitrogen and oxygen atoms in total. The Morgan fingerprint density at radius 2 is 1.36 bits per heavy atom. The van der Waals surface area contributed by atoms with Gasteiger partial charge in [0.2, 0.25) is 5.51 Å². The summed E-state index contributed by atoms with van der Waals surface area (Å²) in [7, 11) is -2.15. The van der Waals surface area contributed by atoms with Crippen molar-refractivity contribution < 1.29 is 32.5 Å². The molecule has 0 radical (unpaired) electrons. The first-order valence-corrected chi connectivity index (χ1v) is 18.0. The van der Waals surface area contributed by atoms with Crippen molar-refractivity contribution in [2.24, 2.45) is 7.05 Å². The van der Waals surface area contributed by atoms with Crippen LogP contribution in [0.25, 0.3) is 0 Å². The first-order valence-electron chi connectivity index (χ1n) is 15.6. The van der Waals surface area contributed by atoms with Gasteiger partial charge < -0.3 is 14.4 Å². The van der Waals surface area contributed by atoms with Gasteiger partial charge in [-0.15, -0.1) is 0 Å². The Bertz CT molecular complexity index is 747. The molecule has 1 heterocycles. The smallest absolute Gasteiger partial charge is 0.379 e. The number of hydrogen-bond acceptors (Lipinski definition) is 6. The average Bonchev–Trinajstić information content (AvgIpc) is 3.23. The third-order valence-electron chi connectivity index (χ3n) is 7.14. The van der Waals surface area contributed by atoms with E-state index in [4.69, 9.17) is 18.5 Å². The van der Waals surface area contributed by atoms with Gasteiger partial charge in [0, 0.05) is 26.6 Å². The zero-order chi connectivity index (χ0) is 28.6. The van der Waals surface area contributed by atoms with Crippen molar-refractivity contribution in [2.45, 2.75) is 136 Å². The van der Waals surface area contributed by atoms with E-state index in [9.17, 15) is 9.46 Å². The highest BCUT2D eigenvalue weighted by atomic mass is 32.1. The molecule has 2 atom stereocenters. The highest BCUT2D eigenvalue weighted by Crippen LogP contribution is 2.43. The van der Waals surface area contributed by atoms with Crippen LogP contribution in [0.4, 0.5) is 0 Å². The average molecular weight is 593 g/mol. The molecule has 0 bridgehead atoms. The topological polar surface area (TPSA) is 78.1 Å². The van der Waals surface area contributed by atoms with Crippen LogP contribution in [0.1, 0.15) is 127 Å². The Labute approximate surface area is 243 Å². The standard InChI is InChI=1S/C30H58NO6PS/c1-5-7-8-9-10-11-12-13-14-15-16-17-18-19-20-21-23-34-25-29(35-6-2)26-37-38(32,33)36-24-22-30-28(3)31(4)27-39-30/h27,29H,5-26H2,1-4H3/p+1/t29-/m1/s1. The Morgan fingerprint density at radius 1 is 0.821 bits per heavy atom. The fourth-order valence-corrected chi connectivity index (χ4v) is 6.27. The van der Waals surface area contributed by atoms with Gasteiger partial charge in [-0.2, -0.15) is 4.57 Å². The fraction of sp³-hybridized carbons (Fsp3) is 0.900. The van der Waals surface area contributed by atoms with E-state index in [2.05, 4.69) is 6.92 Å². The number of unbranched alkanes of at least 4 members (excludes halogenated alkanes) is 15. The lowest BCUT2D eigenvalue weighted by molar-refractivity contribution is -0.672. The number of ether oxygens (including phenoxy) is 2. The summed E-state index contributed by atoms with van der Waals surface area (Å²) < 4.78 is 36.0. The van der Waals surface area contributed by atoms with Crippen molar-refractivity contribution in [2.75, 3.05) is 33.0 Å². The summed E-state index contributed by atoms with van der Waals surface area (Å²) in [5, 5.41) is 0. The van der Waals surface area contributed by atoms with Crippen molar-refractivity contribution in [3.05, 3.63) is 16.1 Å². The second-order valence-electron chi connectivity index (χ2n) is 10.6. The number of aryl methyl sites for hydroxylation is 1. The van der Waals surface area contributed by atoms with Crippen LogP contribution in [-0.2, 0) is 36.6 Å². The molecule has 1 N–H and O–H groups in total. The summed E-state index contributed by atoms with van der Waals surface area (Å²) in [4.78, 5) is 11.2. The Balaban J connectivity index is 1.97. The molecule has 0 saturated carbocycles. The maximum Gasteiger partial charge on any atom is 0.472 e. The van der Waals surface area contributed by atoms with Crippen LogP contribution in [0.2, 0.25) is 0 Å². The molecule has 0 fully saturated rings. The summed E-state index contributed by atoms with van der Waals surface area (Å²) in [5.41, 5.74) is 3.14. The Hall–Kier alpha value is -0.340. The minimum absolute atomic E-state index is 0.0342. The largest absolute Gasteiger partial charge is 0.472 e. The van der Waals surface area contributed by atoms with Crippen LogP contribution >= 0.6 is 19.2 Å². The number of rotatable bonds is 28. The summed E-state index contributed by atoms with van der Waals surface area (Å²) in [6, 6.07) is 0. The van der Waals surface area contributed by atoms with Crippen LogP contribution in [0.15, 0.2) is 5.51 Å². The van der Waals surface area contributed by atoms with Crippen molar-refractivity contribution in [3.63, 3.8) is 0 Å². The molecule has 0 aromatic carbocycles. The molecule has 9 heteroatoms. The number of thiazole rings is 1. The van der Waals surface area contributed by atoms with Crippen molar-refractivity contribution >= 4 is 19.2 Å². The van der Waals surface area contributed by atoms with E-state index < -0.39 is 13.9 Å². The summed E-state index contributed by atoms with van der Waals surface area (Å²) >= 11 is 1.61. The molecular formula is C30H59NO6PS+. The maximum atomic E-state index is 12.3. The molecular weight excluding hydrogens is 533 g/mol. The van der Waals surface area contributed by atoms with Gasteiger partial charge in [-0.05, 0) is 13.3 Å². The van der Waals surface area contributed by atoms with E-state index in [-0.39, 0.29) is 13.2 Å². The third-order valence-corrected chi connectivity index (χ3v) is 9.33. The normalized spacial score (nSPS) is 14.1. The molecule has 0 aliphatic heterocycles. The van der Waals surface area contributed by atoms with Crippen LogP contribution in [0.3, 0.4) is 0 Å². The van der Waals surface area contributed by atoms with Crippen molar-refractivity contribution in [1.29, 1.82) is 0 Å². The molecule has 0 spiro atoms. The van der Waals surface area contributed by atoms with E-state index >= 15 is 0 Å². The van der Waals surface area contributed by atoms with Crippen LogP contribution < -0.4 is 4.57 Å². The molecule has 39 heavy (non-hydrogen) atoms. The molecule has 0 saturated heterocycles. The highest BCUT2D eigenvalue weighted by molar-refractivity contribution is 7.47. The number of nitrogens with zero attached hydrogens (tertiary/aromatic N) is 1. The molecule has 0 amide bonds. The van der Waals surface area contributed by atoms with Crippen LogP contribution in [-0.4, -0.2) is 44.0 Å². The Morgan fingerprint density at radius 3 is 1.85 bits per heavy atom. The lowest BCUT2D eigenvalue weighted by Crippen LogP contribution is -2.28. The second kappa shape index (κ2) is 24.3. The monoisotopic (exact) mass is 592 g/mol. The summed E-state index contributed by atoms with van der Waals surface area (Å²) in [6.45, 7) is 7.79. The van der Waals surface area contributed by atoms with Crippen molar-refractivity contribution in [3.8, 4) is 0 Å². The summed E-state index contributed by atoms with van der Waals surface area (Å²) in [6.07, 6.45) is 21.7. The van der Waals surface area contributed by atoms with E-state index in [1.807, 2.05) is 31.0 Å². The minimum Gasteiger partial charge on any atom is -0.379 e. The van der Waals surface area contributed by atoms with E-state index in [0.717, 1.165) is 17.0 Å². The van der Waals surface area contributed by atoms with Crippen LogP contribution in [0, 0.1) is 6.92 Å². The van der Waals surface area contributed by atoms with Crippen LogP contribution in [0.5, 0.6) is 0 Å². The van der Waals surface area contributed by atoms with Gasteiger partial charge >= 0.3 is 7.82 Å². The summed E-state index contributed by atoms with van der Waals surface area (Å²) in [5.74, 6) is 0. The Kier molecular flexibility index (Phi) is 22.8. The molecule has 0 aliphatic carbocycles. The predicted molar refractivity (Wildman–Crippen MR) is 161 cm³/mol. The molecule has 230 valence electrons. The number of aromatic nitrogens is 1. The molecule has 1 rings (SSSR count). The highest BCUT2D eigenvalue weighted by Gasteiger charge is 2.24. The van der Waals surface area contributed by atoms with E-state index in [0.29, 0.717) is 26.2 Å². The number of phosphoric ester groups is 1. The van der Waals surface area contributed by atoms with Gasteiger partial charge in [0.1, 0.15) is 13.2 Å². The molecule has 1 unspecified atom stereocenters. The quantitative estimate of drug-likeness (QED) is 0.0600. The zero-order valence-electron chi connectivity index (χ0n) is 25.5. The lowest BCUT2D eigenvalue weighted by Gasteiger charge is -2.19. The third kappa shape index (κ3) is 20.2. The fourth-order valence-electron chi connectivity index (χ4n) is 4.56. The zero-order valence-corrected chi connectivity index (χ0v) is 27.2. The maximum absolute atomic E-state index is 12.3. The number of hydrogen-bond donors (Lipinski definition) is 1. The first-order chi connectivity index (χ1) is 18.9. The lowest BCUT2D eigenvalue weighted by atomic mass is 10.0. The van der Waals surface area contributed by atoms with E-state index in [1.54, 1.807) is 11.3 Å². The SMILES string of the molecule is CCCCCCCCCCCCCCCCCCOC[C@H](COP(=O)(O)OCCc1sc[n+](C)c1C)OCC. The van der Waals surface area contributed by atoms with Gasteiger partial charge in [0.25, 0.3) is 0 Å². The molecule has 1 aromatic heterocycles. The van der Waals surface area contributed by atoms with Gasteiger partial charge in [-0.25, -0.2) is 4.57 Å². The predicted octanol–water partition coefficient (Wildman–Crippen LogP) is 8.24. The molecule has 1 aromatic rings. The van der Waals surface area contributed by atoms with Crippen molar-refractivity contribution in [1.82, 2.24) is 0 Å².